The fourth-order valence-electron chi connectivity index (χ4n) is 2.78. The molecule has 2 amide bonds. The number of anilines is 2. The summed E-state index contributed by atoms with van der Waals surface area (Å²) in [5.74, 6) is -2.07. The number of carboxylic acid groups (broad SMARTS) is 1. The number of thioether (sulfide) groups is 1. The molecule has 2 aromatic carbocycles. The number of hydrogen-bond donors (Lipinski definition) is 3. The average Bonchev–Trinajstić information content (AvgIpc) is 2.81. The highest BCUT2D eigenvalue weighted by Crippen LogP contribution is 2.41. The van der Waals surface area contributed by atoms with E-state index in [2.05, 4.69) is 15.6 Å². The molecule has 0 saturated carbocycles. The van der Waals surface area contributed by atoms with Gasteiger partial charge in [0.15, 0.2) is 0 Å². The van der Waals surface area contributed by atoms with Crippen molar-refractivity contribution in [3.8, 4) is 0 Å². The number of pyridine rings is 1. The third-order valence-corrected chi connectivity index (χ3v) is 7.33. The Balaban J connectivity index is 1.72. The van der Waals surface area contributed by atoms with Crippen molar-refractivity contribution >= 4 is 87.5 Å². The molecule has 0 aliphatic rings. The number of nitrogens with one attached hydrogen (secondary N) is 2. The van der Waals surface area contributed by atoms with E-state index in [1.54, 1.807) is 55.6 Å². The van der Waals surface area contributed by atoms with Gasteiger partial charge in [-0.25, -0.2) is 9.78 Å². The molecule has 3 N–H and O–H groups in total. The van der Waals surface area contributed by atoms with Gasteiger partial charge in [0.1, 0.15) is 5.82 Å². The molecule has 0 radical (unpaired) electrons. The van der Waals surface area contributed by atoms with Gasteiger partial charge in [0.25, 0.3) is 5.91 Å². The first kappa shape index (κ1) is 26.1. The molecule has 0 spiro atoms. The van der Waals surface area contributed by atoms with Crippen LogP contribution in [0.25, 0.3) is 0 Å². The second-order valence-electron chi connectivity index (χ2n) is 6.75. The van der Waals surface area contributed by atoms with Crippen LogP contribution in [0.15, 0.2) is 53.6 Å². The van der Waals surface area contributed by atoms with E-state index in [1.807, 2.05) is 0 Å². The zero-order chi connectivity index (χ0) is 25.0. The Hall–Kier alpha value is -2.49. The van der Waals surface area contributed by atoms with Crippen LogP contribution in [0.1, 0.15) is 27.6 Å². The maximum Gasteiger partial charge on any atom is 0.338 e. The summed E-state index contributed by atoms with van der Waals surface area (Å²) in [6.45, 7) is 1.75. The minimum atomic E-state index is -1.49. The number of amides is 2. The van der Waals surface area contributed by atoms with Crippen LogP contribution in [-0.4, -0.2) is 33.1 Å². The zero-order valence-electron chi connectivity index (χ0n) is 17.2. The summed E-state index contributed by atoms with van der Waals surface area (Å²) in [6, 6.07) is 11.8. The van der Waals surface area contributed by atoms with Crippen molar-refractivity contribution in [2.75, 3.05) is 10.6 Å². The van der Waals surface area contributed by atoms with Crippen molar-refractivity contribution in [2.24, 2.45) is 0 Å². The van der Waals surface area contributed by atoms with Crippen molar-refractivity contribution < 1.29 is 19.5 Å². The summed E-state index contributed by atoms with van der Waals surface area (Å²) in [4.78, 5) is 41.7. The predicted molar refractivity (Wildman–Crippen MR) is 136 cm³/mol. The van der Waals surface area contributed by atoms with E-state index in [4.69, 9.17) is 46.4 Å². The molecule has 7 nitrogen and oxygen atoms in total. The largest absolute Gasteiger partial charge is 0.478 e. The number of aromatic carboxylic acids is 1. The molecule has 1 unspecified atom stereocenters. The SMILES string of the molecule is CC(Sc1ccc(NC(=O)c2c(Cl)c(Cl)c(Cl)c(Cl)c2C(=O)O)cc1)C(=O)Nc1ccccn1. The summed E-state index contributed by atoms with van der Waals surface area (Å²) in [5, 5.41) is 13.2. The van der Waals surface area contributed by atoms with E-state index in [1.165, 1.54) is 11.8 Å². The van der Waals surface area contributed by atoms with Crippen molar-refractivity contribution in [3.63, 3.8) is 0 Å². The van der Waals surface area contributed by atoms with E-state index in [0.717, 1.165) is 4.90 Å². The fraction of sp³-hybridized carbons (Fsp3) is 0.0909. The molecule has 34 heavy (non-hydrogen) atoms. The van der Waals surface area contributed by atoms with Crippen molar-refractivity contribution in [2.45, 2.75) is 17.1 Å². The third kappa shape index (κ3) is 5.95. The number of aromatic nitrogens is 1. The van der Waals surface area contributed by atoms with E-state index in [0.29, 0.717) is 11.5 Å². The third-order valence-electron chi connectivity index (χ3n) is 4.42. The first-order chi connectivity index (χ1) is 16.1. The van der Waals surface area contributed by atoms with Crippen LogP contribution in [0.4, 0.5) is 11.5 Å². The molecule has 176 valence electrons. The average molecular weight is 559 g/mol. The summed E-state index contributed by atoms with van der Waals surface area (Å²) in [6.07, 6.45) is 1.58. The van der Waals surface area contributed by atoms with Crippen LogP contribution in [0.5, 0.6) is 0 Å². The smallest absolute Gasteiger partial charge is 0.338 e. The Morgan fingerprint density at radius 1 is 0.882 bits per heavy atom. The lowest BCUT2D eigenvalue weighted by Crippen LogP contribution is -2.22. The lowest BCUT2D eigenvalue weighted by atomic mass is 10.1. The summed E-state index contributed by atoms with van der Waals surface area (Å²) >= 11 is 25.3. The Morgan fingerprint density at radius 3 is 2.06 bits per heavy atom. The summed E-state index contributed by atoms with van der Waals surface area (Å²) in [7, 11) is 0. The Labute approximate surface area is 218 Å². The van der Waals surface area contributed by atoms with Crippen molar-refractivity contribution in [1.82, 2.24) is 4.98 Å². The topological polar surface area (TPSA) is 108 Å². The standard InChI is InChI=1S/C22H15Cl4N3O4S/c1-10(20(30)29-13-4-2-3-9-27-13)34-12-7-5-11(6-8-12)28-21(31)14-15(22(32)33)17(24)19(26)18(25)16(14)23/h2-10H,1H3,(H,28,31)(H,32,33)(H,27,29,30). The van der Waals surface area contributed by atoms with Crippen LogP contribution >= 0.6 is 58.2 Å². The highest BCUT2D eigenvalue weighted by Gasteiger charge is 2.29. The van der Waals surface area contributed by atoms with Gasteiger partial charge in [-0.15, -0.1) is 11.8 Å². The summed E-state index contributed by atoms with van der Waals surface area (Å²) in [5.41, 5.74) is -0.611. The predicted octanol–water partition coefficient (Wildman–Crippen LogP) is 6.77. The van der Waals surface area contributed by atoms with Crippen molar-refractivity contribution in [1.29, 1.82) is 0 Å². The number of benzene rings is 2. The molecule has 0 saturated heterocycles. The fourth-order valence-corrected chi connectivity index (χ4v) is 4.67. The van der Waals surface area contributed by atoms with Crippen LogP contribution in [0, 0.1) is 0 Å². The second kappa shape index (κ2) is 11.3. The van der Waals surface area contributed by atoms with Crippen LogP contribution in [-0.2, 0) is 4.79 Å². The monoisotopic (exact) mass is 557 g/mol. The van der Waals surface area contributed by atoms with Gasteiger partial charge in [-0.05, 0) is 43.3 Å². The molecule has 12 heteroatoms. The quantitative estimate of drug-likeness (QED) is 0.168. The summed E-state index contributed by atoms with van der Waals surface area (Å²) < 4.78 is 0. The van der Waals surface area contributed by atoms with Crippen LogP contribution < -0.4 is 10.6 Å². The Bertz CT molecular complexity index is 1260. The normalized spacial score (nSPS) is 11.6. The second-order valence-corrected chi connectivity index (χ2v) is 9.68. The molecule has 3 rings (SSSR count). The van der Waals surface area contributed by atoms with Gasteiger partial charge in [0.2, 0.25) is 5.91 Å². The van der Waals surface area contributed by atoms with Gasteiger partial charge >= 0.3 is 5.97 Å². The van der Waals surface area contributed by atoms with Gasteiger partial charge in [-0.3, -0.25) is 9.59 Å². The minimum absolute atomic E-state index is 0.214. The molecule has 0 aliphatic carbocycles. The maximum atomic E-state index is 12.8. The Kier molecular flexibility index (Phi) is 8.67. The highest BCUT2D eigenvalue weighted by atomic mass is 35.5. The lowest BCUT2D eigenvalue weighted by molar-refractivity contribution is -0.115. The van der Waals surface area contributed by atoms with E-state index in [-0.39, 0.29) is 21.0 Å². The molecule has 1 atom stereocenters. The molecular formula is C22H15Cl4N3O4S. The molecule has 0 bridgehead atoms. The molecule has 1 heterocycles. The number of carbonyl (C=O) groups is 3. The van der Waals surface area contributed by atoms with E-state index < -0.39 is 33.3 Å². The number of rotatable bonds is 7. The van der Waals surface area contributed by atoms with Crippen LogP contribution in [0.3, 0.4) is 0 Å². The van der Waals surface area contributed by atoms with Gasteiger partial charge < -0.3 is 15.7 Å². The van der Waals surface area contributed by atoms with Gasteiger partial charge in [-0.1, -0.05) is 52.5 Å². The molecule has 3 aromatic rings. The highest BCUT2D eigenvalue weighted by molar-refractivity contribution is 8.00. The maximum absolute atomic E-state index is 12.8. The van der Waals surface area contributed by atoms with Crippen molar-refractivity contribution in [3.05, 3.63) is 79.9 Å². The number of nitrogens with zero attached hydrogens (tertiary/aromatic N) is 1. The molecule has 0 aliphatic heterocycles. The number of carboxylic acids is 1. The zero-order valence-corrected chi connectivity index (χ0v) is 21.1. The Morgan fingerprint density at radius 2 is 1.50 bits per heavy atom. The first-order valence-electron chi connectivity index (χ1n) is 9.49. The molecule has 1 aromatic heterocycles. The minimum Gasteiger partial charge on any atom is -0.478 e. The van der Waals surface area contributed by atoms with Gasteiger partial charge in [0.05, 0.1) is 36.5 Å². The van der Waals surface area contributed by atoms with Crippen LogP contribution in [0.2, 0.25) is 20.1 Å². The van der Waals surface area contributed by atoms with Gasteiger partial charge in [-0.2, -0.15) is 0 Å². The first-order valence-corrected chi connectivity index (χ1v) is 11.9. The van der Waals surface area contributed by atoms with E-state index >= 15 is 0 Å². The molecular weight excluding hydrogens is 544 g/mol. The number of hydrogen-bond acceptors (Lipinski definition) is 5. The van der Waals surface area contributed by atoms with E-state index in [9.17, 15) is 19.5 Å². The number of carbonyl (C=O) groups excluding carboxylic acids is 2. The molecule has 0 fully saturated rings. The van der Waals surface area contributed by atoms with Gasteiger partial charge in [0, 0.05) is 16.8 Å². The lowest BCUT2D eigenvalue weighted by Gasteiger charge is -2.14. The number of halogens is 4.